The van der Waals surface area contributed by atoms with Crippen molar-refractivity contribution in [1.82, 2.24) is 14.9 Å². The summed E-state index contributed by atoms with van der Waals surface area (Å²) in [5.41, 5.74) is 0. The Balaban J connectivity index is 2.03. The molecule has 0 aromatic carbocycles. The van der Waals surface area contributed by atoms with Gasteiger partial charge in [-0.3, -0.25) is 0 Å². The second kappa shape index (κ2) is 6.43. The second-order valence-electron chi connectivity index (χ2n) is 4.78. The zero-order valence-electron chi connectivity index (χ0n) is 11.1. The standard InChI is InChI=1S/C12H22N4OS/c1-3-6-9(2)18-12-15-14-11(16(12)13)10-7-4-5-8-17-10/h9-10H,3-8,13H2,1-2H3/t9-,10-/m1/s1. The van der Waals surface area contributed by atoms with Crippen molar-refractivity contribution in [2.45, 2.75) is 62.5 Å². The Morgan fingerprint density at radius 3 is 3.00 bits per heavy atom. The van der Waals surface area contributed by atoms with Crippen LogP contribution in [-0.2, 0) is 4.74 Å². The first-order valence-corrected chi connectivity index (χ1v) is 7.59. The van der Waals surface area contributed by atoms with Gasteiger partial charge in [0.15, 0.2) is 5.82 Å². The van der Waals surface area contributed by atoms with E-state index in [1.165, 1.54) is 12.8 Å². The summed E-state index contributed by atoms with van der Waals surface area (Å²) in [4.78, 5) is 0. The number of nitrogens with zero attached hydrogens (tertiary/aromatic N) is 3. The zero-order valence-corrected chi connectivity index (χ0v) is 11.9. The highest BCUT2D eigenvalue weighted by molar-refractivity contribution is 7.99. The monoisotopic (exact) mass is 270 g/mol. The van der Waals surface area contributed by atoms with E-state index in [4.69, 9.17) is 10.6 Å². The molecule has 1 saturated heterocycles. The summed E-state index contributed by atoms with van der Waals surface area (Å²) in [7, 11) is 0. The van der Waals surface area contributed by atoms with Gasteiger partial charge in [-0.1, -0.05) is 32.0 Å². The van der Waals surface area contributed by atoms with E-state index in [9.17, 15) is 0 Å². The fourth-order valence-electron chi connectivity index (χ4n) is 2.18. The molecule has 1 aromatic rings. The quantitative estimate of drug-likeness (QED) is 0.658. The van der Waals surface area contributed by atoms with Crippen LogP contribution in [0.15, 0.2) is 5.16 Å². The molecule has 2 atom stereocenters. The molecule has 1 aliphatic rings. The molecular weight excluding hydrogens is 248 g/mol. The highest BCUT2D eigenvalue weighted by Gasteiger charge is 2.23. The molecule has 1 aromatic heterocycles. The molecule has 0 radical (unpaired) electrons. The number of nitrogens with two attached hydrogens (primary N) is 1. The second-order valence-corrected chi connectivity index (χ2v) is 6.19. The molecule has 1 fully saturated rings. The third-order valence-electron chi connectivity index (χ3n) is 3.16. The van der Waals surface area contributed by atoms with Gasteiger partial charge >= 0.3 is 0 Å². The lowest BCUT2D eigenvalue weighted by molar-refractivity contribution is 0.00780. The van der Waals surface area contributed by atoms with Gasteiger partial charge in [-0.2, -0.15) is 0 Å². The molecular formula is C12H22N4OS. The molecule has 102 valence electrons. The van der Waals surface area contributed by atoms with Crippen LogP contribution >= 0.6 is 11.8 Å². The molecule has 6 heteroatoms. The minimum atomic E-state index is 0.0204. The molecule has 2 rings (SSSR count). The molecule has 0 spiro atoms. The molecule has 0 saturated carbocycles. The predicted molar refractivity (Wildman–Crippen MR) is 72.9 cm³/mol. The molecule has 18 heavy (non-hydrogen) atoms. The summed E-state index contributed by atoms with van der Waals surface area (Å²) in [6.07, 6.45) is 5.64. The van der Waals surface area contributed by atoms with Crippen LogP contribution in [-0.4, -0.2) is 26.7 Å². The SMILES string of the molecule is CCC[C@@H](C)Sc1nnc([C@H]2CCCCO2)n1N. The Labute approximate surface area is 112 Å². The molecule has 0 bridgehead atoms. The topological polar surface area (TPSA) is 66.0 Å². The summed E-state index contributed by atoms with van der Waals surface area (Å²) >= 11 is 1.69. The van der Waals surface area contributed by atoms with Crippen LogP contribution in [0.4, 0.5) is 0 Å². The van der Waals surface area contributed by atoms with E-state index in [0.29, 0.717) is 5.25 Å². The highest BCUT2D eigenvalue weighted by atomic mass is 32.2. The maximum atomic E-state index is 6.07. The molecule has 2 heterocycles. The van der Waals surface area contributed by atoms with E-state index in [-0.39, 0.29) is 6.10 Å². The third-order valence-corrected chi connectivity index (χ3v) is 4.29. The fraction of sp³-hybridized carbons (Fsp3) is 0.833. The van der Waals surface area contributed by atoms with Gasteiger partial charge in [0, 0.05) is 11.9 Å². The van der Waals surface area contributed by atoms with Crippen molar-refractivity contribution in [2.75, 3.05) is 12.4 Å². The number of ether oxygens (including phenoxy) is 1. The van der Waals surface area contributed by atoms with Crippen molar-refractivity contribution in [1.29, 1.82) is 0 Å². The Bertz CT molecular complexity index is 376. The molecule has 0 aliphatic carbocycles. The summed E-state index contributed by atoms with van der Waals surface area (Å²) in [5.74, 6) is 6.83. The molecule has 2 N–H and O–H groups in total. The first kappa shape index (κ1) is 13.7. The van der Waals surface area contributed by atoms with Gasteiger partial charge in [-0.05, 0) is 25.7 Å². The van der Waals surface area contributed by atoms with Crippen molar-refractivity contribution in [3.8, 4) is 0 Å². The van der Waals surface area contributed by atoms with Gasteiger partial charge < -0.3 is 10.6 Å². The number of nitrogen functional groups attached to an aromatic ring is 1. The van der Waals surface area contributed by atoms with Gasteiger partial charge in [0.2, 0.25) is 5.16 Å². The van der Waals surface area contributed by atoms with E-state index >= 15 is 0 Å². The smallest absolute Gasteiger partial charge is 0.210 e. The number of hydrogen-bond acceptors (Lipinski definition) is 5. The summed E-state index contributed by atoms with van der Waals surface area (Å²) in [5, 5.41) is 9.69. The maximum absolute atomic E-state index is 6.07. The fourth-order valence-corrected chi connectivity index (χ4v) is 3.19. The van der Waals surface area contributed by atoms with Crippen LogP contribution in [0.3, 0.4) is 0 Å². The van der Waals surface area contributed by atoms with Crippen molar-refractivity contribution >= 4 is 11.8 Å². The Morgan fingerprint density at radius 2 is 2.33 bits per heavy atom. The van der Waals surface area contributed by atoms with E-state index in [2.05, 4.69) is 24.0 Å². The van der Waals surface area contributed by atoms with E-state index in [1.807, 2.05) is 0 Å². The van der Waals surface area contributed by atoms with Crippen LogP contribution in [0.1, 0.15) is 57.9 Å². The minimum absolute atomic E-state index is 0.0204. The van der Waals surface area contributed by atoms with Gasteiger partial charge in [-0.25, -0.2) is 4.68 Å². The molecule has 0 amide bonds. The average Bonchev–Trinajstić information content (AvgIpc) is 2.72. The van der Waals surface area contributed by atoms with Crippen LogP contribution in [0, 0.1) is 0 Å². The average molecular weight is 270 g/mol. The van der Waals surface area contributed by atoms with Gasteiger partial charge in [0.25, 0.3) is 0 Å². The van der Waals surface area contributed by atoms with Crippen molar-refractivity contribution in [3.63, 3.8) is 0 Å². The normalized spacial score (nSPS) is 22.0. The van der Waals surface area contributed by atoms with Crippen LogP contribution in [0.5, 0.6) is 0 Å². The first-order chi connectivity index (χ1) is 8.72. The molecule has 0 unspecified atom stereocenters. The summed E-state index contributed by atoms with van der Waals surface area (Å²) in [6, 6.07) is 0. The van der Waals surface area contributed by atoms with Crippen molar-refractivity contribution in [3.05, 3.63) is 5.82 Å². The lowest BCUT2D eigenvalue weighted by Crippen LogP contribution is -2.21. The Hall–Kier alpha value is -0.750. The summed E-state index contributed by atoms with van der Waals surface area (Å²) in [6.45, 7) is 5.18. The number of thioether (sulfide) groups is 1. The molecule has 5 nitrogen and oxygen atoms in total. The van der Waals surface area contributed by atoms with Gasteiger partial charge in [0.05, 0.1) is 0 Å². The highest BCUT2D eigenvalue weighted by Crippen LogP contribution is 2.29. The van der Waals surface area contributed by atoms with Crippen LogP contribution < -0.4 is 5.84 Å². The number of rotatable bonds is 5. The number of hydrogen-bond donors (Lipinski definition) is 1. The van der Waals surface area contributed by atoms with Crippen molar-refractivity contribution < 1.29 is 4.74 Å². The largest absolute Gasteiger partial charge is 0.370 e. The molecule has 1 aliphatic heterocycles. The Kier molecular flexibility index (Phi) is 4.88. The van der Waals surface area contributed by atoms with E-state index in [1.54, 1.807) is 16.4 Å². The van der Waals surface area contributed by atoms with Crippen LogP contribution in [0.25, 0.3) is 0 Å². The summed E-state index contributed by atoms with van der Waals surface area (Å²) < 4.78 is 7.30. The van der Waals surface area contributed by atoms with Gasteiger partial charge in [0.1, 0.15) is 6.10 Å². The Morgan fingerprint density at radius 1 is 1.50 bits per heavy atom. The lowest BCUT2D eigenvalue weighted by atomic mass is 10.1. The van der Waals surface area contributed by atoms with Gasteiger partial charge in [-0.15, -0.1) is 10.2 Å². The van der Waals surface area contributed by atoms with E-state index < -0.39 is 0 Å². The van der Waals surface area contributed by atoms with E-state index in [0.717, 1.165) is 36.9 Å². The first-order valence-electron chi connectivity index (χ1n) is 6.71. The predicted octanol–water partition coefficient (Wildman–Crippen LogP) is 2.51. The minimum Gasteiger partial charge on any atom is -0.370 e. The number of aromatic nitrogens is 3. The van der Waals surface area contributed by atoms with Crippen LogP contribution in [0.2, 0.25) is 0 Å². The lowest BCUT2D eigenvalue weighted by Gasteiger charge is -2.21. The van der Waals surface area contributed by atoms with Crippen molar-refractivity contribution in [2.24, 2.45) is 0 Å². The third kappa shape index (κ3) is 3.17. The zero-order chi connectivity index (χ0) is 13.0. The maximum Gasteiger partial charge on any atom is 0.210 e.